The third-order valence-electron chi connectivity index (χ3n) is 5.57. The Balaban J connectivity index is 2.06. The predicted octanol–water partition coefficient (Wildman–Crippen LogP) is 2.72. The van der Waals surface area contributed by atoms with E-state index in [9.17, 15) is 9.90 Å². The number of fused-ring (bicyclic) bond motifs is 1. The molecule has 1 aliphatic rings. The monoisotopic (exact) mass is 330 g/mol. The van der Waals surface area contributed by atoms with Gasteiger partial charge in [0.05, 0.1) is 12.6 Å². The molecule has 1 aromatic heterocycles. The summed E-state index contributed by atoms with van der Waals surface area (Å²) in [5.41, 5.74) is 2.83. The third kappa shape index (κ3) is 3.07. The molecule has 24 heavy (non-hydrogen) atoms. The number of nitrogens with one attached hydrogen (secondary N) is 1. The lowest BCUT2D eigenvalue weighted by Crippen LogP contribution is -3.15. The molecule has 1 aromatic carbocycles. The molecular formula is C20H28NO3+. The average molecular weight is 330 g/mol. The molecule has 0 spiro atoms. The Morgan fingerprint density at radius 2 is 2.04 bits per heavy atom. The van der Waals surface area contributed by atoms with Gasteiger partial charge in [-0.15, -0.1) is 0 Å². The number of aryl methyl sites for hydroxylation is 2. The minimum absolute atomic E-state index is 0.284. The minimum atomic E-state index is -0.345. The number of hydrogen-bond acceptors (Lipinski definition) is 3. The van der Waals surface area contributed by atoms with Gasteiger partial charge in [0.2, 0.25) is 0 Å². The highest BCUT2D eigenvalue weighted by molar-refractivity contribution is 5.86. The lowest BCUT2D eigenvalue weighted by molar-refractivity contribution is -0.944. The summed E-state index contributed by atoms with van der Waals surface area (Å²) in [6.45, 7) is 8.14. The fourth-order valence-electron chi connectivity index (χ4n) is 4.13. The van der Waals surface area contributed by atoms with Crippen LogP contribution in [0.25, 0.3) is 11.0 Å². The average Bonchev–Trinajstić information content (AvgIpc) is 2.60. The standard InChI is InChI=1S/C20H27NO3/c1-4-14-11-18(22)24-20-13(3)19(23)15(10-17(14)20)12-21-9-7-6-8-16(21)5-2/h10-11,16,23H,4-9,12H2,1-3H3/p+1/t16-/m0/s1. The van der Waals surface area contributed by atoms with Crippen LogP contribution < -0.4 is 10.5 Å². The van der Waals surface area contributed by atoms with E-state index < -0.39 is 0 Å². The van der Waals surface area contributed by atoms with Crippen LogP contribution >= 0.6 is 0 Å². The van der Waals surface area contributed by atoms with E-state index in [1.807, 2.05) is 19.9 Å². The van der Waals surface area contributed by atoms with Crippen LogP contribution in [0.1, 0.15) is 56.2 Å². The molecule has 4 heteroatoms. The van der Waals surface area contributed by atoms with E-state index >= 15 is 0 Å². The van der Waals surface area contributed by atoms with Crippen LogP contribution in [0.4, 0.5) is 0 Å². The van der Waals surface area contributed by atoms with Crippen LogP contribution in [0.15, 0.2) is 21.3 Å². The molecule has 0 saturated carbocycles. The normalized spacial score (nSPS) is 21.3. The number of aromatic hydroxyl groups is 1. The van der Waals surface area contributed by atoms with Crippen molar-refractivity contribution in [1.82, 2.24) is 0 Å². The zero-order valence-corrected chi connectivity index (χ0v) is 14.9. The van der Waals surface area contributed by atoms with Gasteiger partial charge in [0.25, 0.3) is 0 Å². The van der Waals surface area contributed by atoms with Crippen molar-refractivity contribution in [3.05, 3.63) is 39.2 Å². The van der Waals surface area contributed by atoms with E-state index in [1.54, 1.807) is 11.0 Å². The summed E-state index contributed by atoms with van der Waals surface area (Å²) in [5, 5.41) is 11.6. The first-order valence-corrected chi connectivity index (χ1v) is 9.17. The van der Waals surface area contributed by atoms with Crippen LogP contribution in [-0.4, -0.2) is 17.7 Å². The molecular weight excluding hydrogens is 302 g/mol. The molecule has 0 aliphatic carbocycles. The zero-order chi connectivity index (χ0) is 17.3. The number of quaternary nitrogens is 1. The maximum absolute atomic E-state index is 11.8. The van der Waals surface area contributed by atoms with Crippen molar-refractivity contribution in [3.8, 4) is 5.75 Å². The molecule has 1 fully saturated rings. The fourth-order valence-corrected chi connectivity index (χ4v) is 4.13. The highest BCUT2D eigenvalue weighted by atomic mass is 16.4. The Morgan fingerprint density at radius 1 is 1.25 bits per heavy atom. The first kappa shape index (κ1) is 17.0. The number of hydrogen-bond donors (Lipinski definition) is 2. The van der Waals surface area contributed by atoms with E-state index in [4.69, 9.17) is 4.42 Å². The van der Waals surface area contributed by atoms with E-state index in [2.05, 4.69) is 6.92 Å². The highest BCUT2D eigenvalue weighted by Gasteiger charge is 2.26. The summed E-state index contributed by atoms with van der Waals surface area (Å²) in [5.74, 6) is 0.284. The molecule has 1 unspecified atom stereocenters. The molecule has 0 radical (unpaired) electrons. The predicted molar refractivity (Wildman–Crippen MR) is 95.7 cm³/mol. The summed E-state index contributed by atoms with van der Waals surface area (Å²) < 4.78 is 5.38. The number of likely N-dealkylation sites (tertiary alicyclic amines) is 1. The number of benzene rings is 1. The van der Waals surface area contributed by atoms with Gasteiger partial charge in [0.1, 0.15) is 17.9 Å². The summed E-state index contributed by atoms with van der Waals surface area (Å²) in [6, 6.07) is 4.28. The molecule has 2 atom stereocenters. The Hall–Kier alpha value is -1.81. The quantitative estimate of drug-likeness (QED) is 0.848. The van der Waals surface area contributed by atoms with Crippen molar-refractivity contribution in [2.24, 2.45) is 0 Å². The van der Waals surface area contributed by atoms with Crippen molar-refractivity contribution >= 4 is 11.0 Å². The summed E-state index contributed by atoms with van der Waals surface area (Å²) in [7, 11) is 0. The SMILES string of the molecule is CCc1cc(=O)oc2c(C)c(O)c(C[NH+]3CCCC[C@@H]3CC)cc12. The van der Waals surface area contributed by atoms with Gasteiger partial charge in [-0.05, 0) is 50.7 Å². The molecule has 1 saturated heterocycles. The molecule has 2 N–H and O–H groups in total. The zero-order valence-electron chi connectivity index (χ0n) is 14.9. The molecule has 0 bridgehead atoms. The van der Waals surface area contributed by atoms with Crippen molar-refractivity contribution in [2.45, 2.75) is 65.5 Å². The first-order chi connectivity index (χ1) is 11.5. The highest BCUT2D eigenvalue weighted by Crippen LogP contribution is 2.31. The summed E-state index contributed by atoms with van der Waals surface area (Å²) in [6.07, 6.45) is 5.80. The molecule has 3 rings (SSSR count). The topological polar surface area (TPSA) is 54.9 Å². The smallest absolute Gasteiger partial charge is 0.336 e. The number of phenols is 1. The Kier molecular flexibility index (Phi) is 4.95. The summed E-state index contributed by atoms with van der Waals surface area (Å²) >= 11 is 0. The number of phenolic OH excluding ortho intramolecular Hbond substituents is 1. The van der Waals surface area contributed by atoms with Crippen LogP contribution in [0.3, 0.4) is 0 Å². The van der Waals surface area contributed by atoms with Crippen molar-refractivity contribution in [3.63, 3.8) is 0 Å². The van der Waals surface area contributed by atoms with Gasteiger partial charge in [-0.25, -0.2) is 4.79 Å². The lowest BCUT2D eigenvalue weighted by Gasteiger charge is -2.32. The second kappa shape index (κ2) is 6.98. The second-order valence-corrected chi connectivity index (χ2v) is 7.02. The molecule has 2 aromatic rings. The summed E-state index contributed by atoms with van der Waals surface area (Å²) in [4.78, 5) is 13.3. The molecule has 0 amide bonds. The molecule has 2 heterocycles. The van der Waals surface area contributed by atoms with Gasteiger partial charge in [-0.1, -0.05) is 13.8 Å². The number of rotatable bonds is 4. The fraction of sp³-hybridized carbons (Fsp3) is 0.550. The van der Waals surface area contributed by atoms with Gasteiger partial charge in [-0.2, -0.15) is 0 Å². The molecule has 130 valence electrons. The lowest BCUT2D eigenvalue weighted by atomic mass is 9.97. The van der Waals surface area contributed by atoms with Crippen LogP contribution in [-0.2, 0) is 13.0 Å². The van der Waals surface area contributed by atoms with Gasteiger partial charge >= 0.3 is 5.63 Å². The minimum Gasteiger partial charge on any atom is -0.507 e. The van der Waals surface area contributed by atoms with Crippen LogP contribution in [0, 0.1) is 6.92 Å². The van der Waals surface area contributed by atoms with E-state index in [1.165, 1.54) is 32.2 Å². The van der Waals surface area contributed by atoms with Crippen molar-refractivity contribution < 1.29 is 14.4 Å². The van der Waals surface area contributed by atoms with Gasteiger partial charge in [-0.3, -0.25) is 0 Å². The largest absolute Gasteiger partial charge is 0.507 e. The maximum Gasteiger partial charge on any atom is 0.336 e. The maximum atomic E-state index is 11.8. The Morgan fingerprint density at radius 3 is 2.75 bits per heavy atom. The Bertz CT molecular complexity index is 794. The third-order valence-corrected chi connectivity index (χ3v) is 5.57. The van der Waals surface area contributed by atoms with Gasteiger partial charge in [0, 0.05) is 22.6 Å². The van der Waals surface area contributed by atoms with Crippen molar-refractivity contribution in [1.29, 1.82) is 0 Å². The van der Waals surface area contributed by atoms with Gasteiger partial charge < -0.3 is 14.4 Å². The Labute approximate surface area is 143 Å². The van der Waals surface area contributed by atoms with Crippen LogP contribution in [0.2, 0.25) is 0 Å². The van der Waals surface area contributed by atoms with E-state index in [0.29, 0.717) is 17.2 Å². The first-order valence-electron chi connectivity index (χ1n) is 9.17. The second-order valence-electron chi connectivity index (χ2n) is 7.02. The van der Waals surface area contributed by atoms with Crippen molar-refractivity contribution in [2.75, 3.05) is 6.54 Å². The van der Waals surface area contributed by atoms with E-state index in [-0.39, 0.29) is 11.4 Å². The molecule has 1 aliphatic heterocycles. The van der Waals surface area contributed by atoms with Crippen LogP contribution in [0.5, 0.6) is 5.75 Å². The van der Waals surface area contributed by atoms with Gasteiger partial charge in [0.15, 0.2) is 0 Å². The number of piperidine rings is 1. The molecule has 4 nitrogen and oxygen atoms in total. The van der Waals surface area contributed by atoms with E-state index in [0.717, 1.165) is 29.5 Å².